The standard InChI is InChI=1S/C18H21NO5/c20-13(12-16(21)22)8-4-2-1-3-7-11-19-17(23)14-9-5-6-10-15(14)18(19)24/h5-6,9-10H,1-4,7-8,11-12H2,(H,21,22). The largest absolute Gasteiger partial charge is 0.481 e. The number of imide groups is 1. The number of hydrogen-bond acceptors (Lipinski definition) is 4. The van der Waals surface area contributed by atoms with Gasteiger partial charge in [-0.05, 0) is 25.0 Å². The number of rotatable bonds is 10. The Morgan fingerprint density at radius 1 is 0.875 bits per heavy atom. The molecule has 0 saturated carbocycles. The molecule has 1 N–H and O–H groups in total. The lowest BCUT2D eigenvalue weighted by Gasteiger charge is -2.13. The predicted octanol–water partition coefficient (Wildman–Crippen LogP) is 2.67. The van der Waals surface area contributed by atoms with Gasteiger partial charge in [0, 0.05) is 13.0 Å². The molecule has 0 radical (unpaired) electrons. The summed E-state index contributed by atoms with van der Waals surface area (Å²) in [5.41, 5.74) is 0.943. The Balaban J connectivity index is 1.62. The maximum Gasteiger partial charge on any atom is 0.310 e. The van der Waals surface area contributed by atoms with Crippen LogP contribution in [0.4, 0.5) is 0 Å². The Morgan fingerprint density at radius 3 is 2.00 bits per heavy atom. The molecule has 0 bridgehead atoms. The zero-order valence-corrected chi connectivity index (χ0v) is 13.5. The molecule has 6 nitrogen and oxygen atoms in total. The van der Waals surface area contributed by atoms with Crippen LogP contribution in [0.15, 0.2) is 24.3 Å². The van der Waals surface area contributed by atoms with E-state index < -0.39 is 12.4 Å². The van der Waals surface area contributed by atoms with E-state index in [1.807, 2.05) is 0 Å². The van der Waals surface area contributed by atoms with E-state index >= 15 is 0 Å². The number of unbranched alkanes of at least 4 members (excludes halogenated alkanes) is 4. The smallest absolute Gasteiger partial charge is 0.310 e. The lowest BCUT2D eigenvalue weighted by Crippen LogP contribution is -2.30. The molecule has 2 rings (SSSR count). The molecule has 1 aromatic rings. The highest BCUT2D eigenvalue weighted by Gasteiger charge is 2.34. The van der Waals surface area contributed by atoms with Gasteiger partial charge in [0.2, 0.25) is 0 Å². The Morgan fingerprint density at radius 2 is 1.42 bits per heavy atom. The molecule has 0 aromatic heterocycles. The number of benzene rings is 1. The minimum Gasteiger partial charge on any atom is -0.481 e. The molecule has 2 amide bonds. The van der Waals surface area contributed by atoms with Gasteiger partial charge in [-0.2, -0.15) is 0 Å². The predicted molar refractivity (Wildman–Crippen MR) is 86.8 cm³/mol. The van der Waals surface area contributed by atoms with E-state index in [9.17, 15) is 19.2 Å². The van der Waals surface area contributed by atoms with E-state index in [0.29, 0.717) is 30.5 Å². The number of carboxylic acids is 1. The first-order valence-electron chi connectivity index (χ1n) is 8.19. The van der Waals surface area contributed by atoms with E-state index in [0.717, 1.165) is 25.7 Å². The van der Waals surface area contributed by atoms with Gasteiger partial charge in [0.25, 0.3) is 11.8 Å². The Hall–Kier alpha value is -2.50. The zero-order valence-electron chi connectivity index (χ0n) is 13.5. The molecule has 24 heavy (non-hydrogen) atoms. The third kappa shape index (κ3) is 4.50. The third-order valence-corrected chi connectivity index (χ3v) is 4.06. The molecule has 128 valence electrons. The summed E-state index contributed by atoms with van der Waals surface area (Å²) < 4.78 is 0. The van der Waals surface area contributed by atoms with Gasteiger partial charge in [-0.25, -0.2) is 0 Å². The highest BCUT2D eigenvalue weighted by Crippen LogP contribution is 2.22. The molecule has 1 aliphatic rings. The van der Waals surface area contributed by atoms with Gasteiger partial charge < -0.3 is 5.11 Å². The topological polar surface area (TPSA) is 91.8 Å². The number of carbonyl (C=O) groups is 4. The van der Waals surface area contributed by atoms with Crippen LogP contribution >= 0.6 is 0 Å². The Labute approximate surface area is 140 Å². The normalized spacial score (nSPS) is 13.2. The number of amides is 2. The van der Waals surface area contributed by atoms with Crippen molar-refractivity contribution in [1.29, 1.82) is 0 Å². The molecule has 1 heterocycles. The lowest BCUT2D eigenvalue weighted by molar-refractivity contribution is -0.140. The van der Waals surface area contributed by atoms with Crippen LogP contribution in [-0.2, 0) is 9.59 Å². The number of ketones is 1. The van der Waals surface area contributed by atoms with Crippen LogP contribution in [0.5, 0.6) is 0 Å². The van der Waals surface area contributed by atoms with Crippen molar-refractivity contribution in [2.24, 2.45) is 0 Å². The number of hydrogen-bond donors (Lipinski definition) is 1. The van der Waals surface area contributed by atoms with Crippen molar-refractivity contribution in [2.75, 3.05) is 6.54 Å². The van der Waals surface area contributed by atoms with Gasteiger partial charge in [-0.15, -0.1) is 0 Å². The van der Waals surface area contributed by atoms with E-state index in [1.165, 1.54) is 4.90 Å². The van der Waals surface area contributed by atoms with E-state index in [1.54, 1.807) is 24.3 Å². The average molecular weight is 331 g/mol. The minimum absolute atomic E-state index is 0.227. The first kappa shape index (κ1) is 17.8. The van der Waals surface area contributed by atoms with Gasteiger partial charge in [0.1, 0.15) is 12.2 Å². The van der Waals surface area contributed by atoms with Crippen LogP contribution in [-0.4, -0.2) is 40.1 Å². The fourth-order valence-corrected chi connectivity index (χ4v) is 2.82. The van der Waals surface area contributed by atoms with Crippen molar-refractivity contribution in [3.63, 3.8) is 0 Å². The SMILES string of the molecule is O=C(O)CC(=O)CCCCCCCN1C(=O)c2ccccc2C1=O. The molecule has 1 aromatic carbocycles. The van der Waals surface area contributed by atoms with Crippen LogP contribution in [0.1, 0.15) is 65.7 Å². The fourth-order valence-electron chi connectivity index (χ4n) is 2.82. The first-order chi connectivity index (χ1) is 11.5. The van der Waals surface area contributed by atoms with Crippen molar-refractivity contribution >= 4 is 23.6 Å². The summed E-state index contributed by atoms with van der Waals surface area (Å²) in [6, 6.07) is 6.84. The summed E-state index contributed by atoms with van der Waals surface area (Å²) in [5, 5.41) is 8.49. The van der Waals surface area contributed by atoms with Gasteiger partial charge in [-0.3, -0.25) is 24.1 Å². The molecule has 1 aliphatic heterocycles. The Kier molecular flexibility index (Phi) is 6.23. The second-order valence-electron chi connectivity index (χ2n) is 5.93. The molecular weight excluding hydrogens is 310 g/mol. The summed E-state index contributed by atoms with van der Waals surface area (Å²) in [7, 11) is 0. The number of aliphatic carboxylic acids is 1. The molecular formula is C18H21NO5. The van der Waals surface area contributed by atoms with Crippen LogP contribution in [0, 0.1) is 0 Å². The monoisotopic (exact) mass is 331 g/mol. The summed E-state index contributed by atoms with van der Waals surface area (Å²) in [4.78, 5) is 47.2. The molecule has 0 aliphatic carbocycles. The van der Waals surface area contributed by atoms with Crippen LogP contribution in [0.25, 0.3) is 0 Å². The summed E-state index contributed by atoms with van der Waals surface area (Å²) in [5.74, 6) is -1.78. The number of nitrogens with zero attached hydrogens (tertiary/aromatic N) is 1. The first-order valence-corrected chi connectivity index (χ1v) is 8.19. The molecule has 6 heteroatoms. The number of Topliss-reactive ketones (excluding diaryl/α,β-unsaturated/α-hetero) is 1. The number of carboxylic acid groups (broad SMARTS) is 1. The van der Waals surface area contributed by atoms with E-state index in [-0.39, 0.29) is 17.6 Å². The average Bonchev–Trinajstić information content (AvgIpc) is 2.78. The summed E-state index contributed by atoms with van der Waals surface area (Å²) in [6.45, 7) is 0.407. The van der Waals surface area contributed by atoms with Gasteiger partial charge in [0.15, 0.2) is 0 Å². The van der Waals surface area contributed by atoms with Gasteiger partial charge >= 0.3 is 5.97 Å². The quantitative estimate of drug-likeness (QED) is 0.404. The Bertz CT molecular complexity index is 618. The number of carbonyl (C=O) groups excluding carboxylic acids is 3. The lowest BCUT2D eigenvalue weighted by atomic mass is 10.1. The van der Waals surface area contributed by atoms with Crippen molar-refractivity contribution in [3.05, 3.63) is 35.4 Å². The van der Waals surface area contributed by atoms with Gasteiger partial charge in [-0.1, -0.05) is 31.4 Å². The van der Waals surface area contributed by atoms with Crippen molar-refractivity contribution in [2.45, 2.75) is 44.9 Å². The maximum absolute atomic E-state index is 12.2. The van der Waals surface area contributed by atoms with E-state index in [4.69, 9.17) is 5.11 Å². The fraction of sp³-hybridized carbons (Fsp3) is 0.444. The molecule has 0 atom stereocenters. The second kappa shape index (κ2) is 8.38. The van der Waals surface area contributed by atoms with Crippen LogP contribution < -0.4 is 0 Å². The van der Waals surface area contributed by atoms with Crippen molar-refractivity contribution in [3.8, 4) is 0 Å². The summed E-state index contributed by atoms with van der Waals surface area (Å²) in [6.07, 6.45) is 3.90. The van der Waals surface area contributed by atoms with Gasteiger partial charge in [0.05, 0.1) is 11.1 Å². The van der Waals surface area contributed by atoms with E-state index in [2.05, 4.69) is 0 Å². The molecule has 0 unspecified atom stereocenters. The molecule has 0 saturated heterocycles. The molecule has 0 spiro atoms. The summed E-state index contributed by atoms with van der Waals surface area (Å²) >= 11 is 0. The third-order valence-electron chi connectivity index (χ3n) is 4.06. The van der Waals surface area contributed by atoms with Crippen LogP contribution in [0.3, 0.4) is 0 Å². The zero-order chi connectivity index (χ0) is 17.5. The highest BCUT2D eigenvalue weighted by atomic mass is 16.4. The molecule has 0 fully saturated rings. The highest BCUT2D eigenvalue weighted by molar-refractivity contribution is 6.21. The number of fused-ring (bicyclic) bond motifs is 1. The maximum atomic E-state index is 12.2. The minimum atomic E-state index is -1.08. The second-order valence-corrected chi connectivity index (χ2v) is 5.93. The van der Waals surface area contributed by atoms with Crippen LogP contribution in [0.2, 0.25) is 0 Å². The van der Waals surface area contributed by atoms with Crippen molar-refractivity contribution in [1.82, 2.24) is 4.90 Å². The van der Waals surface area contributed by atoms with Crippen molar-refractivity contribution < 1.29 is 24.3 Å².